The van der Waals surface area contributed by atoms with Gasteiger partial charge in [0.05, 0.1) is 24.1 Å². The van der Waals surface area contributed by atoms with Crippen molar-refractivity contribution in [3.63, 3.8) is 0 Å². The van der Waals surface area contributed by atoms with Crippen LogP contribution in [0, 0.1) is 6.92 Å². The molecule has 2 aromatic carbocycles. The lowest BCUT2D eigenvalue weighted by atomic mass is 10.1. The van der Waals surface area contributed by atoms with E-state index in [1.807, 2.05) is 18.2 Å². The average Bonchev–Trinajstić information content (AvgIpc) is 3.37. The van der Waals surface area contributed by atoms with E-state index >= 15 is 0 Å². The molecular formula is C25H21N3O3. The fraction of sp³-hybridized carbons (Fsp3) is 0.120. The molecule has 154 valence electrons. The smallest absolute Gasteiger partial charge is 0.278 e. The van der Waals surface area contributed by atoms with E-state index < -0.39 is 0 Å². The molecule has 0 unspecified atom stereocenters. The highest BCUT2D eigenvalue weighted by atomic mass is 16.3. The molecule has 0 spiro atoms. The van der Waals surface area contributed by atoms with E-state index in [4.69, 9.17) is 4.42 Å². The minimum atomic E-state index is -0.174. The summed E-state index contributed by atoms with van der Waals surface area (Å²) in [6, 6.07) is 18.8. The molecule has 0 amide bonds. The highest BCUT2D eigenvalue weighted by Gasteiger charge is 2.21. The maximum absolute atomic E-state index is 13.2. The van der Waals surface area contributed by atoms with Crippen molar-refractivity contribution in [3.8, 4) is 22.8 Å². The SMILES string of the molecule is Cc1cccc(Cc2[nH]c(-c3cccc(O)c3)cn3c(=O)c(Cc4ccco4)nc2-3)c1. The van der Waals surface area contributed by atoms with Gasteiger partial charge < -0.3 is 14.5 Å². The molecule has 2 aliphatic heterocycles. The lowest BCUT2D eigenvalue weighted by Gasteiger charge is -2.13. The van der Waals surface area contributed by atoms with Crippen LogP contribution in [-0.4, -0.2) is 19.6 Å². The normalized spacial score (nSPS) is 11.3. The number of nitrogens with one attached hydrogen (secondary N) is 1. The summed E-state index contributed by atoms with van der Waals surface area (Å²) in [4.78, 5) is 21.3. The molecular weight excluding hydrogens is 390 g/mol. The summed E-state index contributed by atoms with van der Waals surface area (Å²) in [5.41, 5.74) is 4.89. The van der Waals surface area contributed by atoms with Crippen molar-refractivity contribution in [1.82, 2.24) is 14.5 Å². The monoisotopic (exact) mass is 411 g/mol. The third-order valence-electron chi connectivity index (χ3n) is 5.29. The van der Waals surface area contributed by atoms with Gasteiger partial charge in [-0.25, -0.2) is 4.98 Å². The summed E-state index contributed by atoms with van der Waals surface area (Å²) in [7, 11) is 0. The van der Waals surface area contributed by atoms with Crippen LogP contribution in [0.5, 0.6) is 5.75 Å². The number of imidazole rings is 1. The van der Waals surface area contributed by atoms with Crippen LogP contribution in [0.15, 0.2) is 82.3 Å². The number of phenolic OH excluding ortho intramolecular Hbond substituents is 1. The molecule has 2 aliphatic rings. The minimum Gasteiger partial charge on any atom is -0.508 e. The van der Waals surface area contributed by atoms with Gasteiger partial charge in [-0.1, -0.05) is 42.0 Å². The molecule has 5 rings (SSSR count). The zero-order chi connectivity index (χ0) is 21.4. The molecule has 0 aliphatic carbocycles. The molecule has 6 nitrogen and oxygen atoms in total. The minimum absolute atomic E-state index is 0.165. The molecule has 3 heterocycles. The Balaban J connectivity index is 1.67. The Morgan fingerprint density at radius 3 is 2.71 bits per heavy atom. The molecule has 0 bridgehead atoms. The Kier molecular flexibility index (Phi) is 4.67. The second-order valence-corrected chi connectivity index (χ2v) is 7.68. The van der Waals surface area contributed by atoms with Gasteiger partial charge in [0.1, 0.15) is 17.2 Å². The highest BCUT2D eigenvalue weighted by molar-refractivity contribution is 5.62. The first-order valence-electron chi connectivity index (χ1n) is 10.1. The third kappa shape index (κ3) is 3.75. The van der Waals surface area contributed by atoms with Crippen molar-refractivity contribution >= 4 is 0 Å². The maximum atomic E-state index is 13.2. The number of phenols is 1. The van der Waals surface area contributed by atoms with Crippen LogP contribution in [0.4, 0.5) is 0 Å². The standard InChI is InChI=1S/C25H21N3O3/c1-16-5-2-6-17(11-16)12-21-24-27-22(14-20-9-4-10-31-20)25(30)28(24)15-23(26-21)18-7-3-8-19(29)13-18/h2-11,13,15,26,29H,12,14H2,1H3. The largest absolute Gasteiger partial charge is 0.508 e. The highest BCUT2D eigenvalue weighted by Crippen LogP contribution is 2.26. The number of rotatable bonds is 5. The first-order valence-corrected chi connectivity index (χ1v) is 10.1. The first-order chi connectivity index (χ1) is 15.1. The van der Waals surface area contributed by atoms with Crippen LogP contribution in [0.25, 0.3) is 17.1 Å². The third-order valence-corrected chi connectivity index (χ3v) is 5.29. The summed E-state index contributed by atoms with van der Waals surface area (Å²) in [6.07, 6.45) is 4.25. The van der Waals surface area contributed by atoms with Gasteiger partial charge in [-0.2, -0.15) is 0 Å². The number of benzene rings is 2. The number of aromatic nitrogens is 3. The molecule has 0 atom stereocenters. The van der Waals surface area contributed by atoms with Crippen molar-refractivity contribution in [2.75, 3.05) is 0 Å². The Morgan fingerprint density at radius 2 is 1.94 bits per heavy atom. The van der Waals surface area contributed by atoms with Gasteiger partial charge in [-0.15, -0.1) is 0 Å². The first kappa shape index (κ1) is 18.9. The van der Waals surface area contributed by atoms with E-state index in [1.54, 1.807) is 41.3 Å². The predicted molar refractivity (Wildman–Crippen MR) is 118 cm³/mol. The van der Waals surface area contributed by atoms with Crippen LogP contribution in [0.1, 0.15) is 28.3 Å². The van der Waals surface area contributed by atoms with Crippen LogP contribution in [0.3, 0.4) is 0 Å². The van der Waals surface area contributed by atoms with Crippen molar-refractivity contribution in [1.29, 1.82) is 0 Å². The summed E-state index contributed by atoms with van der Waals surface area (Å²) >= 11 is 0. The number of aromatic hydroxyl groups is 1. The van der Waals surface area contributed by atoms with Crippen molar-refractivity contribution in [3.05, 3.63) is 112 Å². The Morgan fingerprint density at radius 1 is 1.06 bits per heavy atom. The van der Waals surface area contributed by atoms with Crippen molar-refractivity contribution in [2.45, 2.75) is 19.8 Å². The second kappa shape index (κ2) is 7.65. The quantitative estimate of drug-likeness (QED) is 0.447. The van der Waals surface area contributed by atoms with E-state index in [0.717, 1.165) is 22.5 Å². The Bertz CT molecular complexity index is 1380. The molecule has 31 heavy (non-hydrogen) atoms. The summed E-state index contributed by atoms with van der Waals surface area (Å²) in [6.45, 7) is 2.05. The van der Waals surface area contributed by atoms with Gasteiger partial charge >= 0.3 is 0 Å². The molecule has 3 aromatic rings. The van der Waals surface area contributed by atoms with Gasteiger partial charge in [-0.3, -0.25) is 9.36 Å². The molecule has 0 radical (unpaired) electrons. The van der Waals surface area contributed by atoms with Crippen LogP contribution >= 0.6 is 0 Å². The maximum Gasteiger partial charge on any atom is 0.278 e. The molecule has 0 saturated carbocycles. The second-order valence-electron chi connectivity index (χ2n) is 7.68. The van der Waals surface area contributed by atoms with Crippen LogP contribution in [-0.2, 0) is 12.8 Å². The zero-order valence-electron chi connectivity index (χ0n) is 17.0. The summed E-state index contributed by atoms with van der Waals surface area (Å²) in [5, 5.41) is 9.92. The number of aromatic amines is 1. The summed E-state index contributed by atoms with van der Waals surface area (Å²) < 4.78 is 6.99. The van der Waals surface area contributed by atoms with E-state index in [2.05, 4.69) is 35.1 Å². The number of H-pyrrole nitrogens is 1. The molecule has 6 heteroatoms. The van der Waals surface area contributed by atoms with Crippen LogP contribution < -0.4 is 5.56 Å². The Labute approximate surface area is 178 Å². The van der Waals surface area contributed by atoms with E-state index in [-0.39, 0.29) is 11.3 Å². The topological polar surface area (TPSA) is 84.0 Å². The fourth-order valence-electron chi connectivity index (χ4n) is 3.84. The zero-order valence-corrected chi connectivity index (χ0v) is 17.0. The number of hydrogen-bond acceptors (Lipinski definition) is 4. The van der Waals surface area contributed by atoms with Crippen molar-refractivity contribution in [2.24, 2.45) is 0 Å². The molecule has 1 aromatic heterocycles. The van der Waals surface area contributed by atoms with Gasteiger partial charge in [0.2, 0.25) is 0 Å². The lowest BCUT2D eigenvalue weighted by Crippen LogP contribution is -2.17. The molecule has 0 saturated heterocycles. The van der Waals surface area contributed by atoms with Crippen LogP contribution in [0.2, 0.25) is 0 Å². The number of nitrogens with zero attached hydrogens (tertiary/aromatic N) is 2. The van der Waals surface area contributed by atoms with Gasteiger partial charge in [0.25, 0.3) is 5.56 Å². The van der Waals surface area contributed by atoms with Gasteiger partial charge in [0.15, 0.2) is 5.82 Å². The Hall–Kier alpha value is -4.06. The predicted octanol–water partition coefficient (Wildman–Crippen LogP) is 4.45. The lowest BCUT2D eigenvalue weighted by molar-refractivity contribution is 0.475. The van der Waals surface area contributed by atoms with E-state index in [9.17, 15) is 9.90 Å². The van der Waals surface area contributed by atoms with E-state index in [0.29, 0.717) is 30.1 Å². The van der Waals surface area contributed by atoms with Gasteiger partial charge in [0, 0.05) is 18.2 Å². The number of furan rings is 1. The molecule has 0 fully saturated rings. The van der Waals surface area contributed by atoms with E-state index in [1.165, 1.54) is 5.56 Å². The number of aryl methyl sites for hydroxylation is 1. The fourth-order valence-corrected chi connectivity index (χ4v) is 3.84. The number of hydrogen-bond donors (Lipinski definition) is 2. The number of fused-ring (bicyclic) bond motifs is 1. The van der Waals surface area contributed by atoms with Gasteiger partial charge in [-0.05, 0) is 36.8 Å². The average molecular weight is 411 g/mol. The summed E-state index contributed by atoms with van der Waals surface area (Å²) in [5.74, 6) is 1.45. The molecule has 2 N–H and O–H groups in total. The van der Waals surface area contributed by atoms with Crippen molar-refractivity contribution < 1.29 is 9.52 Å².